The summed E-state index contributed by atoms with van der Waals surface area (Å²) in [4.78, 5) is 4.54. The van der Waals surface area contributed by atoms with Crippen LogP contribution >= 0.6 is 0 Å². The first-order valence-corrected chi connectivity index (χ1v) is 7.74. The smallest absolute Gasteiger partial charge is 0.188 e. The number of benzene rings is 1. The van der Waals surface area contributed by atoms with Gasteiger partial charge in [-0.2, -0.15) is 5.10 Å². The van der Waals surface area contributed by atoms with Gasteiger partial charge in [0.25, 0.3) is 0 Å². The summed E-state index contributed by atoms with van der Waals surface area (Å²) >= 11 is 0. The number of methoxy groups -OCH3 is 1. The lowest BCUT2D eigenvalue weighted by atomic mass is 10.1. The Kier molecular flexibility index (Phi) is 5.60. The highest BCUT2D eigenvalue weighted by atomic mass is 16.5. The van der Waals surface area contributed by atoms with Crippen LogP contribution in [-0.2, 0) is 23.5 Å². The summed E-state index contributed by atoms with van der Waals surface area (Å²) in [6, 6.07) is 7.47. The van der Waals surface area contributed by atoms with E-state index < -0.39 is 0 Å². The fourth-order valence-electron chi connectivity index (χ4n) is 2.12. The molecule has 0 aliphatic rings. The van der Waals surface area contributed by atoms with Crippen molar-refractivity contribution in [3.05, 3.63) is 35.9 Å². The molecule has 6 heteroatoms. The van der Waals surface area contributed by atoms with Gasteiger partial charge in [0.1, 0.15) is 24.7 Å². The maximum atomic E-state index is 5.76. The van der Waals surface area contributed by atoms with Crippen LogP contribution in [0.25, 0.3) is 0 Å². The van der Waals surface area contributed by atoms with Crippen LogP contribution in [0.5, 0.6) is 11.5 Å². The second-order valence-electron chi connectivity index (χ2n) is 6.13. The van der Waals surface area contributed by atoms with Gasteiger partial charge in [0.2, 0.25) is 0 Å². The van der Waals surface area contributed by atoms with Gasteiger partial charge in [0, 0.05) is 12.7 Å². The van der Waals surface area contributed by atoms with Gasteiger partial charge in [-0.3, -0.25) is 0 Å². The maximum absolute atomic E-state index is 5.76. The summed E-state index contributed by atoms with van der Waals surface area (Å²) in [5, 5.41) is 4.56. The number of nitrogens with zero attached hydrogens (tertiary/aromatic N) is 3. The summed E-state index contributed by atoms with van der Waals surface area (Å²) in [6.45, 7) is 9.62. The zero-order chi connectivity index (χ0) is 16.9. The summed E-state index contributed by atoms with van der Waals surface area (Å²) in [6.07, 6.45) is 0. The quantitative estimate of drug-likeness (QED) is 0.784. The number of hydrogen-bond acceptors (Lipinski definition) is 5. The first-order valence-electron chi connectivity index (χ1n) is 7.74. The summed E-state index contributed by atoms with van der Waals surface area (Å²) in [5.41, 5.74) is -0.159. The Balaban J connectivity index is 2.11. The molecule has 0 radical (unpaired) electrons. The van der Waals surface area contributed by atoms with E-state index in [1.807, 2.05) is 35.9 Å². The Morgan fingerprint density at radius 2 is 1.87 bits per heavy atom. The molecule has 23 heavy (non-hydrogen) atoms. The lowest BCUT2D eigenvalue weighted by Crippen LogP contribution is -2.26. The highest BCUT2D eigenvalue weighted by molar-refractivity contribution is 5.32. The molecule has 0 N–H and O–H groups in total. The van der Waals surface area contributed by atoms with Crippen LogP contribution in [-0.4, -0.2) is 28.5 Å². The van der Waals surface area contributed by atoms with E-state index >= 15 is 0 Å². The predicted molar refractivity (Wildman–Crippen MR) is 87.7 cm³/mol. The molecule has 2 rings (SSSR count). The van der Waals surface area contributed by atoms with E-state index in [4.69, 9.17) is 14.2 Å². The molecule has 1 aromatic heterocycles. The SMILES string of the molecule is CCOCc1nc(COc2cccc(OC)c2)nn1C(C)(C)C. The molecule has 0 atom stereocenters. The molecular formula is C17H25N3O3. The molecule has 1 aromatic carbocycles. The van der Waals surface area contributed by atoms with E-state index in [2.05, 4.69) is 30.9 Å². The van der Waals surface area contributed by atoms with Gasteiger partial charge in [0.15, 0.2) is 11.6 Å². The summed E-state index contributed by atoms with van der Waals surface area (Å²) in [7, 11) is 1.63. The van der Waals surface area contributed by atoms with Gasteiger partial charge in [-0.15, -0.1) is 0 Å². The number of aromatic nitrogens is 3. The van der Waals surface area contributed by atoms with Crippen molar-refractivity contribution in [1.82, 2.24) is 14.8 Å². The van der Waals surface area contributed by atoms with E-state index in [9.17, 15) is 0 Å². The second-order valence-corrected chi connectivity index (χ2v) is 6.13. The molecule has 0 saturated heterocycles. The fourth-order valence-corrected chi connectivity index (χ4v) is 2.12. The molecule has 0 fully saturated rings. The third-order valence-corrected chi connectivity index (χ3v) is 3.20. The Labute approximate surface area is 137 Å². The van der Waals surface area contributed by atoms with Crippen molar-refractivity contribution in [3.63, 3.8) is 0 Å². The Morgan fingerprint density at radius 3 is 2.52 bits per heavy atom. The molecule has 0 amide bonds. The van der Waals surface area contributed by atoms with Gasteiger partial charge in [0.05, 0.1) is 12.6 Å². The molecule has 6 nitrogen and oxygen atoms in total. The molecule has 0 bridgehead atoms. The van der Waals surface area contributed by atoms with Gasteiger partial charge < -0.3 is 14.2 Å². The zero-order valence-electron chi connectivity index (χ0n) is 14.5. The highest BCUT2D eigenvalue weighted by Gasteiger charge is 2.21. The molecule has 0 spiro atoms. The van der Waals surface area contributed by atoms with Crippen LogP contribution in [0.4, 0.5) is 0 Å². The molecule has 0 aliphatic carbocycles. The van der Waals surface area contributed by atoms with E-state index in [0.717, 1.165) is 17.3 Å². The van der Waals surface area contributed by atoms with Crippen LogP contribution in [0.3, 0.4) is 0 Å². The van der Waals surface area contributed by atoms with Crippen LogP contribution in [0.15, 0.2) is 24.3 Å². The molecule has 0 aliphatic heterocycles. The largest absolute Gasteiger partial charge is 0.497 e. The van der Waals surface area contributed by atoms with E-state index in [0.29, 0.717) is 25.6 Å². The fraction of sp³-hybridized carbons (Fsp3) is 0.529. The minimum Gasteiger partial charge on any atom is -0.497 e. The molecule has 126 valence electrons. The standard InChI is InChI=1S/C17H25N3O3/c1-6-22-12-16-18-15(19-20(16)17(2,3)4)11-23-14-9-7-8-13(10-14)21-5/h7-10H,6,11-12H2,1-5H3. The number of ether oxygens (including phenoxy) is 3. The third-order valence-electron chi connectivity index (χ3n) is 3.20. The van der Waals surface area contributed by atoms with Crippen molar-refractivity contribution < 1.29 is 14.2 Å². The van der Waals surface area contributed by atoms with E-state index in [1.54, 1.807) is 7.11 Å². The normalized spacial score (nSPS) is 11.5. The Morgan fingerprint density at radius 1 is 1.13 bits per heavy atom. The van der Waals surface area contributed by atoms with Gasteiger partial charge >= 0.3 is 0 Å². The van der Waals surface area contributed by atoms with Crippen molar-refractivity contribution in [2.45, 2.75) is 46.4 Å². The van der Waals surface area contributed by atoms with Crippen molar-refractivity contribution in [2.24, 2.45) is 0 Å². The average molecular weight is 319 g/mol. The van der Waals surface area contributed by atoms with Gasteiger partial charge in [-0.1, -0.05) is 6.07 Å². The van der Waals surface area contributed by atoms with E-state index in [1.165, 1.54) is 0 Å². The van der Waals surface area contributed by atoms with Crippen molar-refractivity contribution >= 4 is 0 Å². The first kappa shape index (κ1) is 17.3. The van der Waals surface area contributed by atoms with Crippen molar-refractivity contribution in [3.8, 4) is 11.5 Å². The molecular weight excluding hydrogens is 294 g/mol. The highest BCUT2D eigenvalue weighted by Crippen LogP contribution is 2.20. The Hall–Kier alpha value is -2.08. The average Bonchev–Trinajstić information content (AvgIpc) is 2.94. The van der Waals surface area contributed by atoms with Gasteiger partial charge in [-0.25, -0.2) is 9.67 Å². The minimum absolute atomic E-state index is 0.159. The van der Waals surface area contributed by atoms with Crippen molar-refractivity contribution in [2.75, 3.05) is 13.7 Å². The molecule has 2 aromatic rings. The van der Waals surface area contributed by atoms with Crippen LogP contribution < -0.4 is 9.47 Å². The summed E-state index contributed by atoms with van der Waals surface area (Å²) < 4.78 is 18.3. The van der Waals surface area contributed by atoms with Crippen LogP contribution in [0, 0.1) is 0 Å². The van der Waals surface area contributed by atoms with Crippen LogP contribution in [0.1, 0.15) is 39.3 Å². The lowest BCUT2D eigenvalue weighted by Gasteiger charge is -2.21. The predicted octanol–water partition coefficient (Wildman–Crippen LogP) is 3.16. The Bertz CT molecular complexity index is 632. The zero-order valence-corrected chi connectivity index (χ0v) is 14.5. The third kappa shape index (κ3) is 4.69. The molecule has 0 unspecified atom stereocenters. The molecule has 0 saturated carbocycles. The maximum Gasteiger partial charge on any atom is 0.188 e. The lowest BCUT2D eigenvalue weighted by molar-refractivity contribution is 0.120. The minimum atomic E-state index is -0.159. The summed E-state index contributed by atoms with van der Waals surface area (Å²) in [5.74, 6) is 2.93. The van der Waals surface area contributed by atoms with Crippen molar-refractivity contribution in [1.29, 1.82) is 0 Å². The monoisotopic (exact) mass is 319 g/mol. The van der Waals surface area contributed by atoms with Crippen LogP contribution in [0.2, 0.25) is 0 Å². The van der Waals surface area contributed by atoms with Gasteiger partial charge in [-0.05, 0) is 39.8 Å². The number of rotatable bonds is 7. The first-order chi connectivity index (χ1) is 10.9. The molecule has 1 heterocycles. The number of hydrogen-bond donors (Lipinski definition) is 0. The van der Waals surface area contributed by atoms with E-state index in [-0.39, 0.29) is 5.54 Å². The topological polar surface area (TPSA) is 58.4 Å². The second kappa shape index (κ2) is 7.46.